The van der Waals surface area contributed by atoms with Crippen molar-refractivity contribution in [1.82, 2.24) is 5.32 Å². The molecule has 1 aliphatic rings. The highest BCUT2D eigenvalue weighted by Gasteiger charge is 2.22. The minimum atomic E-state index is -0.457. The maximum atomic E-state index is 13.4. The zero-order valence-corrected chi connectivity index (χ0v) is 21.1. The van der Waals surface area contributed by atoms with E-state index in [0.717, 1.165) is 37.2 Å². The van der Waals surface area contributed by atoms with Crippen LogP contribution in [-0.2, 0) is 4.74 Å². The van der Waals surface area contributed by atoms with Gasteiger partial charge in [-0.05, 0) is 74.7 Å². The minimum absolute atomic E-state index is 0.169. The van der Waals surface area contributed by atoms with E-state index in [1.165, 1.54) is 0 Å². The van der Waals surface area contributed by atoms with Crippen molar-refractivity contribution in [3.05, 3.63) is 89.5 Å². The van der Waals surface area contributed by atoms with Crippen LogP contribution in [0.3, 0.4) is 0 Å². The third-order valence-corrected chi connectivity index (χ3v) is 6.25. The molecule has 1 atom stereocenters. The average molecular weight is 501 g/mol. The molecule has 0 aromatic heterocycles. The minimum Gasteiger partial charge on any atom is -0.462 e. The molecular formula is C29H32N4O4. The van der Waals surface area contributed by atoms with E-state index in [1.54, 1.807) is 43.3 Å². The number of amides is 3. The van der Waals surface area contributed by atoms with Gasteiger partial charge in [-0.15, -0.1) is 0 Å². The fourth-order valence-electron chi connectivity index (χ4n) is 4.33. The fourth-order valence-corrected chi connectivity index (χ4v) is 4.33. The quantitative estimate of drug-likeness (QED) is 0.350. The summed E-state index contributed by atoms with van der Waals surface area (Å²) in [7, 11) is 0. The second kappa shape index (κ2) is 12.1. The number of nitrogens with zero attached hydrogens (tertiary/aromatic N) is 1. The molecule has 37 heavy (non-hydrogen) atoms. The molecule has 0 aliphatic carbocycles. The van der Waals surface area contributed by atoms with Crippen molar-refractivity contribution in [2.24, 2.45) is 0 Å². The molecule has 192 valence electrons. The molecule has 0 bridgehead atoms. The molecule has 1 heterocycles. The Kier molecular flexibility index (Phi) is 8.40. The zero-order valence-electron chi connectivity index (χ0n) is 21.1. The number of ether oxygens (including phenoxy) is 1. The number of carbonyl (C=O) groups excluding carboxylic acids is 3. The van der Waals surface area contributed by atoms with Crippen LogP contribution in [0.4, 0.5) is 21.9 Å². The molecule has 8 nitrogen and oxygen atoms in total. The number of esters is 1. The van der Waals surface area contributed by atoms with Crippen LogP contribution in [0.5, 0.6) is 0 Å². The topological polar surface area (TPSA) is 99.8 Å². The van der Waals surface area contributed by atoms with Crippen LogP contribution in [0.25, 0.3) is 0 Å². The Morgan fingerprint density at radius 2 is 1.54 bits per heavy atom. The normalized spacial score (nSPS) is 13.5. The van der Waals surface area contributed by atoms with Crippen molar-refractivity contribution in [1.29, 1.82) is 0 Å². The lowest BCUT2D eigenvalue weighted by Crippen LogP contribution is -2.30. The van der Waals surface area contributed by atoms with Crippen molar-refractivity contribution in [3.63, 3.8) is 0 Å². The second-order valence-electron chi connectivity index (χ2n) is 8.91. The number of rotatable bonds is 8. The van der Waals surface area contributed by atoms with Gasteiger partial charge in [0.05, 0.1) is 23.8 Å². The molecule has 0 spiro atoms. The molecule has 3 N–H and O–H groups in total. The number of nitrogens with one attached hydrogen (secondary N) is 3. The number of carbonyl (C=O) groups is 3. The van der Waals surface area contributed by atoms with Gasteiger partial charge in [0.15, 0.2) is 0 Å². The van der Waals surface area contributed by atoms with Crippen molar-refractivity contribution in [2.75, 3.05) is 35.2 Å². The van der Waals surface area contributed by atoms with E-state index in [2.05, 4.69) is 20.9 Å². The summed E-state index contributed by atoms with van der Waals surface area (Å²) in [6, 6.07) is 21.0. The Bertz CT molecular complexity index is 1240. The van der Waals surface area contributed by atoms with Gasteiger partial charge in [0, 0.05) is 30.2 Å². The Hall–Kier alpha value is -4.33. The summed E-state index contributed by atoms with van der Waals surface area (Å²) in [5.74, 6) is -0.610. The van der Waals surface area contributed by atoms with Gasteiger partial charge in [0.25, 0.3) is 5.91 Å². The van der Waals surface area contributed by atoms with E-state index >= 15 is 0 Å². The largest absolute Gasteiger partial charge is 0.462 e. The Balaban J connectivity index is 1.48. The molecule has 8 heteroatoms. The molecule has 3 aromatic carbocycles. The zero-order chi connectivity index (χ0) is 26.2. The molecule has 0 radical (unpaired) electrons. The first-order chi connectivity index (χ1) is 17.9. The summed E-state index contributed by atoms with van der Waals surface area (Å²) in [5, 5.41) is 8.64. The highest BCUT2D eigenvalue weighted by Crippen LogP contribution is 2.28. The van der Waals surface area contributed by atoms with Crippen molar-refractivity contribution in [2.45, 2.75) is 32.7 Å². The van der Waals surface area contributed by atoms with Gasteiger partial charge in [0.1, 0.15) is 0 Å². The third kappa shape index (κ3) is 6.67. The van der Waals surface area contributed by atoms with Gasteiger partial charge in [0.2, 0.25) is 0 Å². The molecule has 1 fully saturated rings. The van der Waals surface area contributed by atoms with Crippen LogP contribution >= 0.6 is 0 Å². The van der Waals surface area contributed by atoms with E-state index < -0.39 is 12.0 Å². The smallest absolute Gasteiger partial charge is 0.338 e. The van der Waals surface area contributed by atoms with Crippen LogP contribution < -0.4 is 20.9 Å². The molecule has 1 aliphatic heterocycles. The van der Waals surface area contributed by atoms with E-state index in [9.17, 15) is 14.4 Å². The molecule has 3 amide bonds. The highest BCUT2D eigenvalue weighted by molar-refractivity contribution is 6.04. The van der Waals surface area contributed by atoms with Gasteiger partial charge >= 0.3 is 12.0 Å². The summed E-state index contributed by atoms with van der Waals surface area (Å²) >= 11 is 0. The first-order valence-electron chi connectivity index (χ1n) is 12.5. The van der Waals surface area contributed by atoms with Gasteiger partial charge in [-0.3, -0.25) is 4.79 Å². The predicted molar refractivity (Wildman–Crippen MR) is 145 cm³/mol. The lowest BCUT2D eigenvalue weighted by Gasteiger charge is -2.23. The Morgan fingerprint density at radius 3 is 2.22 bits per heavy atom. The summed E-state index contributed by atoms with van der Waals surface area (Å²) in [6.45, 7) is 5.77. The molecule has 4 rings (SSSR count). The lowest BCUT2D eigenvalue weighted by atomic mass is 10.1. The molecule has 1 saturated heterocycles. The van der Waals surface area contributed by atoms with Crippen LogP contribution in [-0.4, -0.2) is 37.6 Å². The van der Waals surface area contributed by atoms with Crippen LogP contribution in [0.2, 0.25) is 0 Å². The Morgan fingerprint density at radius 1 is 0.892 bits per heavy atom. The number of anilines is 3. The second-order valence-corrected chi connectivity index (χ2v) is 8.91. The number of hydrogen-bond donors (Lipinski definition) is 3. The van der Waals surface area contributed by atoms with E-state index in [0.29, 0.717) is 29.1 Å². The SMILES string of the molecule is CCOC(=O)c1ccc(NC(=O)Nc2ccc(N3CCCC3)c(C(=O)NC(C)c3ccccc3)c2)cc1. The number of benzene rings is 3. The van der Waals surface area contributed by atoms with Crippen LogP contribution in [0, 0.1) is 0 Å². The average Bonchev–Trinajstić information content (AvgIpc) is 3.44. The van der Waals surface area contributed by atoms with Crippen LogP contribution in [0.1, 0.15) is 59.0 Å². The molecule has 3 aromatic rings. The van der Waals surface area contributed by atoms with Crippen LogP contribution in [0.15, 0.2) is 72.8 Å². The molecule has 0 saturated carbocycles. The summed E-state index contributed by atoms with van der Waals surface area (Å²) in [5.41, 5.74) is 3.82. The van der Waals surface area contributed by atoms with E-state index in [4.69, 9.17) is 4.74 Å². The number of hydrogen-bond acceptors (Lipinski definition) is 5. The predicted octanol–water partition coefficient (Wildman–Crippen LogP) is 5.60. The van der Waals surface area contributed by atoms with Gasteiger partial charge < -0.3 is 25.6 Å². The van der Waals surface area contributed by atoms with Gasteiger partial charge in [-0.2, -0.15) is 0 Å². The summed E-state index contributed by atoms with van der Waals surface area (Å²) < 4.78 is 4.98. The number of urea groups is 1. The van der Waals surface area contributed by atoms with Gasteiger partial charge in [-0.25, -0.2) is 9.59 Å². The van der Waals surface area contributed by atoms with E-state index in [1.807, 2.05) is 43.3 Å². The standard InChI is InChI=1S/C29H32N4O4/c1-3-37-28(35)22-11-13-23(14-12-22)31-29(36)32-24-15-16-26(33-17-7-8-18-33)25(19-24)27(34)30-20(2)21-9-5-4-6-10-21/h4-6,9-16,19-20H,3,7-8,17-18H2,1-2H3,(H,30,34)(H2,31,32,36). The summed E-state index contributed by atoms with van der Waals surface area (Å²) in [6.07, 6.45) is 2.16. The lowest BCUT2D eigenvalue weighted by molar-refractivity contribution is 0.0526. The van der Waals surface area contributed by atoms with Gasteiger partial charge in [-0.1, -0.05) is 30.3 Å². The first kappa shape index (κ1) is 25.8. The van der Waals surface area contributed by atoms with Crippen molar-refractivity contribution >= 4 is 35.0 Å². The van der Waals surface area contributed by atoms with E-state index in [-0.39, 0.29) is 11.9 Å². The van der Waals surface area contributed by atoms with Crippen molar-refractivity contribution in [3.8, 4) is 0 Å². The maximum Gasteiger partial charge on any atom is 0.338 e. The van der Waals surface area contributed by atoms with Crippen molar-refractivity contribution < 1.29 is 19.1 Å². The monoisotopic (exact) mass is 500 g/mol. The fraction of sp³-hybridized carbons (Fsp3) is 0.276. The molecular weight excluding hydrogens is 468 g/mol. The maximum absolute atomic E-state index is 13.4. The Labute approximate surface area is 217 Å². The molecule has 1 unspecified atom stereocenters. The first-order valence-corrected chi connectivity index (χ1v) is 12.5. The third-order valence-electron chi connectivity index (χ3n) is 6.25. The summed E-state index contributed by atoms with van der Waals surface area (Å²) in [4.78, 5) is 40.1. The highest BCUT2D eigenvalue weighted by atomic mass is 16.5.